The van der Waals surface area contributed by atoms with E-state index < -0.39 is 0 Å². The van der Waals surface area contributed by atoms with Gasteiger partial charge in [-0.1, -0.05) is 13.8 Å². The molecule has 0 saturated carbocycles. The zero-order chi connectivity index (χ0) is 19.9. The maximum absolute atomic E-state index is 5.84. The van der Waals surface area contributed by atoms with Crippen molar-refractivity contribution in [2.45, 2.75) is 39.2 Å². The molecule has 0 bridgehead atoms. The highest BCUT2D eigenvalue weighted by Crippen LogP contribution is 2.26. The first-order valence-electron chi connectivity index (χ1n) is 9.72. The lowest BCUT2D eigenvalue weighted by Gasteiger charge is -2.12. The van der Waals surface area contributed by atoms with Crippen LogP contribution >= 0.6 is 0 Å². The first-order valence-corrected chi connectivity index (χ1v) is 9.72. The monoisotopic (exact) mass is 380 g/mol. The van der Waals surface area contributed by atoms with Crippen molar-refractivity contribution in [3.8, 4) is 11.3 Å². The minimum atomic E-state index is 0.382. The van der Waals surface area contributed by atoms with Gasteiger partial charge in [0.2, 0.25) is 0 Å². The molecule has 0 amide bonds. The lowest BCUT2D eigenvalue weighted by atomic mass is 10.1. The molecule has 0 aliphatic carbocycles. The highest BCUT2D eigenvalue weighted by atomic mass is 15.3. The van der Waals surface area contributed by atoms with Crippen molar-refractivity contribution in [3.05, 3.63) is 42.7 Å². The molecule has 3 aromatic heterocycles. The van der Waals surface area contributed by atoms with Crippen molar-refractivity contribution in [3.63, 3.8) is 0 Å². The Morgan fingerprint density at radius 2 is 2.07 bits per heavy atom. The molecule has 0 unspecified atom stereocenters. The fourth-order valence-corrected chi connectivity index (χ4v) is 3.14. The second kappa shape index (κ2) is 9.27. The molecule has 4 N–H and O–H groups in total. The summed E-state index contributed by atoms with van der Waals surface area (Å²) in [4.78, 5) is 9.25. The molecular formula is C20H28N8. The largest absolute Gasteiger partial charge is 0.404 e. The number of allylic oxidation sites excluding steroid dienone is 1. The summed E-state index contributed by atoms with van der Waals surface area (Å²) in [5, 5.41) is 8.95. The molecule has 3 rings (SSSR count). The van der Waals surface area contributed by atoms with E-state index in [4.69, 9.17) is 16.5 Å². The van der Waals surface area contributed by atoms with Crippen molar-refractivity contribution < 1.29 is 0 Å². The van der Waals surface area contributed by atoms with Gasteiger partial charge in [0.1, 0.15) is 0 Å². The van der Waals surface area contributed by atoms with E-state index in [1.54, 1.807) is 12.4 Å². The van der Waals surface area contributed by atoms with Crippen molar-refractivity contribution in [2.75, 3.05) is 13.1 Å². The van der Waals surface area contributed by atoms with E-state index >= 15 is 0 Å². The van der Waals surface area contributed by atoms with Gasteiger partial charge < -0.3 is 11.5 Å². The molecule has 0 aliphatic rings. The molecule has 8 nitrogen and oxygen atoms in total. The van der Waals surface area contributed by atoms with Gasteiger partial charge in [-0.25, -0.2) is 9.50 Å². The molecule has 28 heavy (non-hydrogen) atoms. The van der Waals surface area contributed by atoms with E-state index in [1.807, 2.05) is 27.7 Å². The van der Waals surface area contributed by atoms with Crippen LogP contribution in [-0.4, -0.2) is 43.7 Å². The second-order valence-corrected chi connectivity index (χ2v) is 6.61. The normalized spacial score (nSPS) is 12.6. The zero-order valence-corrected chi connectivity index (χ0v) is 16.5. The molecule has 0 aliphatic heterocycles. The molecule has 3 heterocycles. The van der Waals surface area contributed by atoms with E-state index in [2.05, 4.69) is 35.2 Å². The third-order valence-corrected chi connectivity index (χ3v) is 4.78. The predicted molar refractivity (Wildman–Crippen MR) is 113 cm³/mol. The van der Waals surface area contributed by atoms with Gasteiger partial charge >= 0.3 is 0 Å². The van der Waals surface area contributed by atoms with Crippen LogP contribution in [0.2, 0.25) is 0 Å². The minimum Gasteiger partial charge on any atom is -0.404 e. The summed E-state index contributed by atoms with van der Waals surface area (Å²) in [6.45, 7) is 5.62. The quantitative estimate of drug-likeness (QED) is 0.438. The van der Waals surface area contributed by atoms with Crippen LogP contribution in [-0.2, 0) is 0 Å². The summed E-state index contributed by atoms with van der Waals surface area (Å²) in [6.07, 6.45) is 13.7. The Balaban J connectivity index is 2.01. The lowest BCUT2D eigenvalue weighted by Crippen LogP contribution is -2.06. The average molecular weight is 380 g/mol. The van der Waals surface area contributed by atoms with Gasteiger partial charge in [-0.15, -0.1) is 0 Å². The minimum absolute atomic E-state index is 0.382. The van der Waals surface area contributed by atoms with Crippen molar-refractivity contribution in [1.82, 2.24) is 24.4 Å². The molecular weight excluding hydrogens is 352 g/mol. The SMILES string of the molecule is CCC(CC)n1cc(-c2nc(C(C=NCCCN)=CN)cn3nccc23)cn1. The van der Waals surface area contributed by atoms with E-state index in [-0.39, 0.29) is 0 Å². The van der Waals surface area contributed by atoms with Gasteiger partial charge in [0.15, 0.2) is 0 Å². The summed E-state index contributed by atoms with van der Waals surface area (Å²) in [7, 11) is 0. The van der Waals surface area contributed by atoms with Gasteiger partial charge in [0.25, 0.3) is 0 Å². The molecule has 148 valence electrons. The Morgan fingerprint density at radius 1 is 1.25 bits per heavy atom. The first kappa shape index (κ1) is 19.8. The van der Waals surface area contributed by atoms with E-state index in [0.29, 0.717) is 24.8 Å². The third kappa shape index (κ3) is 4.12. The number of rotatable bonds is 9. The van der Waals surface area contributed by atoms with Crippen LogP contribution in [0.25, 0.3) is 22.3 Å². The summed E-state index contributed by atoms with van der Waals surface area (Å²) >= 11 is 0. The molecule has 0 spiro atoms. The Labute approximate surface area is 165 Å². The van der Waals surface area contributed by atoms with E-state index in [1.165, 1.54) is 6.20 Å². The Hall–Kier alpha value is -3.00. The van der Waals surface area contributed by atoms with Crippen LogP contribution in [0, 0.1) is 0 Å². The summed E-state index contributed by atoms with van der Waals surface area (Å²) in [5.41, 5.74) is 15.5. The fraction of sp³-hybridized carbons (Fsp3) is 0.400. The van der Waals surface area contributed by atoms with Gasteiger partial charge in [-0.3, -0.25) is 9.67 Å². The van der Waals surface area contributed by atoms with Gasteiger partial charge in [0.05, 0.1) is 41.5 Å². The van der Waals surface area contributed by atoms with Gasteiger partial charge in [-0.05, 0) is 31.9 Å². The summed E-state index contributed by atoms with van der Waals surface area (Å²) < 4.78 is 3.83. The predicted octanol–water partition coefficient (Wildman–Crippen LogP) is 2.67. The van der Waals surface area contributed by atoms with Crippen LogP contribution < -0.4 is 11.5 Å². The number of aliphatic imine (C=N–C) groups is 1. The van der Waals surface area contributed by atoms with E-state index in [9.17, 15) is 0 Å². The van der Waals surface area contributed by atoms with Gasteiger partial charge in [-0.2, -0.15) is 10.2 Å². The first-order chi connectivity index (χ1) is 13.7. The summed E-state index contributed by atoms with van der Waals surface area (Å²) in [6, 6.07) is 2.33. The highest BCUT2D eigenvalue weighted by molar-refractivity contribution is 6.09. The average Bonchev–Trinajstić information content (AvgIpc) is 3.38. The second-order valence-electron chi connectivity index (χ2n) is 6.61. The Bertz CT molecular complexity index is 962. The number of hydrogen-bond donors (Lipinski definition) is 2. The maximum Gasteiger partial charge on any atom is 0.0999 e. The van der Waals surface area contributed by atoms with Crippen molar-refractivity contribution in [2.24, 2.45) is 16.5 Å². The number of nitrogens with zero attached hydrogens (tertiary/aromatic N) is 6. The molecule has 3 aromatic rings. The Kier molecular flexibility index (Phi) is 6.54. The number of aromatic nitrogens is 5. The van der Waals surface area contributed by atoms with Crippen LogP contribution in [0.15, 0.2) is 42.0 Å². The number of nitrogens with two attached hydrogens (primary N) is 2. The van der Waals surface area contributed by atoms with Gasteiger partial charge in [0, 0.05) is 36.3 Å². The van der Waals surface area contributed by atoms with Crippen molar-refractivity contribution in [1.29, 1.82) is 0 Å². The van der Waals surface area contributed by atoms with Crippen LogP contribution in [0.1, 0.15) is 44.8 Å². The van der Waals surface area contributed by atoms with Crippen LogP contribution in [0.4, 0.5) is 0 Å². The lowest BCUT2D eigenvalue weighted by molar-refractivity contribution is 0.428. The van der Waals surface area contributed by atoms with Crippen molar-refractivity contribution >= 4 is 17.3 Å². The van der Waals surface area contributed by atoms with Crippen LogP contribution in [0.3, 0.4) is 0 Å². The Morgan fingerprint density at radius 3 is 2.79 bits per heavy atom. The molecule has 0 saturated heterocycles. The standard InChI is InChI=1S/C20H28N8/c1-3-17(4-2)27-13-16(12-25-27)20-19-6-9-24-28(19)14-18(26-20)15(10-22)11-23-8-5-7-21/h6,9-14,17H,3-5,7-8,21-22H2,1-2H3. The third-order valence-electron chi connectivity index (χ3n) is 4.78. The fourth-order valence-electron chi connectivity index (χ4n) is 3.14. The molecule has 0 radical (unpaired) electrons. The van der Waals surface area contributed by atoms with Crippen LogP contribution in [0.5, 0.6) is 0 Å². The number of fused-ring (bicyclic) bond motifs is 1. The van der Waals surface area contributed by atoms with E-state index in [0.717, 1.165) is 41.6 Å². The molecule has 8 heteroatoms. The number of hydrogen-bond acceptors (Lipinski definition) is 6. The zero-order valence-electron chi connectivity index (χ0n) is 16.5. The maximum atomic E-state index is 5.84. The summed E-state index contributed by atoms with van der Waals surface area (Å²) in [5.74, 6) is 0. The topological polar surface area (TPSA) is 112 Å². The molecule has 0 aromatic carbocycles. The molecule has 0 fully saturated rings. The smallest absolute Gasteiger partial charge is 0.0999 e. The highest BCUT2D eigenvalue weighted by Gasteiger charge is 2.15. The molecule has 0 atom stereocenters.